The first-order valence-corrected chi connectivity index (χ1v) is 7.74. The highest BCUT2D eigenvalue weighted by atomic mass is 32.2. The SMILES string of the molecule is C=CCSCCNC(=O)NC1(C(=O)O)CCCCC1. The van der Waals surface area contributed by atoms with Crippen LogP contribution in [0.3, 0.4) is 0 Å². The first-order valence-electron chi connectivity index (χ1n) is 6.59. The van der Waals surface area contributed by atoms with Crippen LogP contribution in [0, 0.1) is 0 Å². The second kappa shape index (κ2) is 8.09. The fourth-order valence-corrected chi connectivity index (χ4v) is 2.79. The third kappa shape index (κ3) is 5.14. The Bertz CT molecular complexity index is 328. The summed E-state index contributed by atoms with van der Waals surface area (Å²) in [5.41, 5.74) is -1.07. The van der Waals surface area contributed by atoms with Crippen molar-refractivity contribution in [1.29, 1.82) is 0 Å². The molecule has 1 saturated carbocycles. The van der Waals surface area contributed by atoms with Gasteiger partial charge in [-0.3, -0.25) is 0 Å². The number of aliphatic carboxylic acids is 1. The van der Waals surface area contributed by atoms with E-state index in [1.165, 1.54) is 0 Å². The van der Waals surface area contributed by atoms with Crippen LogP contribution in [-0.2, 0) is 4.79 Å². The largest absolute Gasteiger partial charge is 0.480 e. The molecule has 1 fully saturated rings. The van der Waals surface area contributed by atoms with Gasteiger partial charge >= 0.3 is 12.0 Å². The Morgan fingerprint density at radius 1 is 1.32 bits per heavy atom. The molecule has 1 aliphatic carbocycles. The number of carbonyl (C=O) groups is 2. The topological polar surface area (TPSA) is 78.4 Å². The van der Waals surface area contributed by atoms with Gasteiger partial charge in [0.15, 0.2) is 0 Å². The molecule has 5 nitrogen and oxygen atoms in total. The van der Waals surface area contributed by atoms with Crippen LogP contribution in [0.5, 0.6) is 0 Å². The first-order chi connectivity index (χ1) is 9.10. The minimum atomic E-state index is -1.07. The van der Waals surface area contributed by atoms with Crippen LogP contribution >= 0.6 is 11.8 Å². The van der Waals surface area contributed by atoms with Crippen LogP contribution in [0.2, 0.25) is 0 Å². The summed E-state index contributed by atoms with van der Waals surface area (Å²) in [6.07, 6.45) is 5.58. The lowest BCUT2D eigenvalue weighted by molar-refractivity contribution is -0.145. The van der Waals surface area contributed by atoms with E-state index in [4.69, 9.17) is 0 Å². The van der Waals surface area contributed by atoms with Gasteiger partial charge in [-0.2, -0.15) is 11.8 Å². The molecule has 2 amide bonds. The molecule has 0 aromatic rings. The lowest BCUT2D eigenvalue weighted by Crippen LogP contribution is -2.58. The van der Waals surface area contributed by atoms with Gasteiger partial charge in [-0.05, 0) is 12.8 Å². The molecule has 1 aliphatic rings. The molecule has 1 rings (SSSR count). The predicted molar refractivity (Wildman–Crippen MR) is 77.5 cm³/mol. The smallest absolute Gasteiger partial charge is 0.329 e. The van der Waals surface area contributed by atoms with Crippen LogP contribution in [-0.4, -0.2) is 40.7 Å². The summed E-state index contributed by atoms with van der Waals surface area (Å²) < 4.78 is 0. The summed E-state index contributed by atoms with van der Waals surface area (Å²) in [5, 5.41) is 14.7. The number of carbonyl (C=O) groups excluding carboxylic acids is 1. The quantitative estimate of drug-likeness (QED) is 0.494. The van der Waals surface area contributed by atoms with Gasteiger partial charge in [0.25, 0.3) is 0 Å². The maximum Gasteiger partial charge on any atom is 0.329 e. The summed E-state index contributed by atoms with van der Waals surface area (Å²) in [6, 6.07) is -0.386. The lowest BCUT2D eigenvalue weighted by atomic mass is 9.82. The van der Waals surface area contributed by atoms with E-state index in [0.29, 0.717) is 19.4 Å². The zero-order valence-corrected chi connectivity index (χ0v) is 11.9. The van der Waals surface area contributed by atoms with Crippen molar-refractivity contribution in [1.82, 2.24) is 10.6 Å². The van der Waals surface area contributed by atoms with Crippen LogP contribution in [0.1, 0.15) is 32.1 Å². The molecule has 108 valence electrons. The van der Waals surface area contributed by atoms with Crippen molar-refractivity contribution in [3.05, 3.63) is 12.7 Å². The number of thioether (sulfide) groups is 1. The molecule has 0 bridgehead atoms. The van der Waals surface area contributed by atoms with Gasteiger partial charge in [0.1, 0.15) is 5.54 Å². The van der Waals surface area contributed by atoms with Crippen molar-refractivity contribution in [2.24, 2.45) is 0 Å². The molecule has 0 aromatic carbocycles. The van der Waals surface area contributed by atoms with E-state index in [2.05, 4.69) is 17.2 Å². The number of hydrogen-bond acceptors (Lipinski definition) is 3. The number of hydrogen-bond donors (Lipinski definition) is 3. The first kappa shape index (κ1) is 15.9. The summed E-state index contributed by atoms with van der Waals surface area (Å²) in [6.45, 7) is 4.14. The molecule has 3 N–H and O–H groups in total. The van der Waals surface area contributed by atoms with Gasteiger partial charge in [-0.15, -0.1) is 6.58 Å². The molecule has 0 heterocycles. The summed E-state index contributed by atoms with van der Waals surface area (Å²) >= 11 is 1.67. The second-order valence-electron chi connectivity index (χ2n) is 4.69. The zero-order valence-electron chi connectivity index (χ0n) is 11.1. The minimum absolute atomic E-state index is 0.386. The van der Waals surface area contributed by atoms with Crippen molar-refractivity contribution < 1.29 is 14.7 Å². The average Bonchev–Trinajstić information content (AvgIpc) is 2.39. The molecule has 0 aromatic heterocycles. The molecule has 6 heteroatoms. The van der Waals surface area contributed by atoms with Crippen molar-refractivity contribution in [2.45, 2.75) is 37.6 Å². The van der Waals surface area contributed by atoms with E-state index in [9.17, 15) is 14.7 Å². The molecule has 0 spiro atoms. The zero-order chi connectivity index (χ0) is 14.1. The third-order valence-corrected chi connectivity index (χ3v) is 4.20. The maximum absolute atomic E-state index is 11.7. The molecule has 0 saturated heterocycles. The van der Waals surface area contributed by atoms with Gasteiger partial charge in [-0.1, -0.05) is 25.3 Å². The Balaban J connectivity index is 2.35. The van der Waals surface area contributed by atoms with Gasteiger partial charge in [0, 0.05) is 18.1 Å². The summed E-state index contributed by atoms with van der Waals surface area (Å²) in [5.74, 6) is 0.713. The van der Waals surface area contributed by atoms with E-state index in [1.807, 2.05) is 6.08 Å². The predicted octanol–water partition coefficient (Wildman–Crippen LogP) is 1.99. The van der Waals surface area contributed by atoms with Crippen LogP contribution < -0.4 is 10.6 Å². The van der Waals surface area contributed by atoms with Crippen LogP contribution in [0.15, 0.2) is 12.7 Å². The molecular formula is C13H22N2O3S. The summed E-state index contributed by atoms with van der Waals surface area (Å²) in [4.78, 5) is 23.1. The van der Waals surface area contributed by atoms with Gasteiger partial charge in [-0.25, -0.2) is 9.59 Å². The van der Waals surface area contributed by atoms with Crippen molar-refractivity contribution in [3.63, 3.8) is 0 Å². The van der Waals surface area contributed by atoms with Gasteiger partial charge < -0.3 is 15.7 Å². The summed E-state index contributed by atoms with van der Waals surface area (Å²) in [7, 11) is 0. The molecular weight excluding hydrogens is 264 g/mol. The number of amides is 2. The Morgan fingerprint density at radius 3 is 2.58 bits per heavy atom. The van der Waals surface area contributed by atoms with E-state index in [0.717, 1.165) is 30.8 Å². The maximum atomic E-state index is 11.7. The normalized spacial score (nSPS) is 17.5. The van der Waals surface area contributed by atoms with Crippen LogP contribution in [0.4, 0.5) is 4.79 Å². The monoisotopic (exact) mass is 286 g/mol. The Kier molecular flexibility index (Phi) is 6.77. The fourth-order valence-electron chi connectivity index (χ4n) is 2.21. The number of nitrogens with one attached hydrogen (secondary N) is 2. The van der Waals surface area contributed by atoms with Crippen molar-refractivity contribution >= 4 is 23.8 Å². The minimum Gasteiger partial charge on any atom is -0.480 e. The van der Waals surface area contributed by atoms with E-state index < -0.39 is 11.5 Å². The van der Waals surface area contributed by atoms with Crippen LogP contribution in [0.25, 0.3) is 0 Å². The highest BCUT2D eigenvalue weighted by Gasteiger charge is 2.40. The van der Waals surface area contributed by atoms with E-state index in [1.54, 1.807) is 11.8 Å². The number of rotatable bonds is 7. The molecule has 0 aliphatic heterocycles. The standard InChI is InChI=1S/C13H22N2O3S/c1-2-9-19-10-8-14-12(18)15-13(11(16)17)6-4-3-5-7-13/h2H,1,3-10H2,(H,16,17)(H2,14,15,18). The Labute approximate surface area is 118 Å². The molecule has 0 unspecified atom stereocenters. The lowest BCUT2D eigenvalue weighted by Gasteiger charge is -2.33. The Morgan fingerprint density at radius 2 is 2.00 bits per heavy atom. The number of carboxylic acid groups (broad SMARTS) is 1. The second-order valence-corrected chi connectivity index (χ2v) is 5.84. The van der Waals surface area contributed by atoms with Gasteiger partial charge in [0.2, 0.25) is 0 Å². The average molecular weight is 286 g/mol. The fraction of sp³-hybridized carbons (Fsp3) is 0.692. The van der Waals surface area contributed by atoms with E-state index in [-0.39, 0.29) is 6.03 Å². The number of carboxylic acids is 1. The highest BCUT2D eigenvalue weighted by molar-refractivity contribution is 7.99. The third-order valence-electron chi connectivity index (χ3n) is 3.24. The Hall–Kier alpha value is -1.17. The molecule has 0 radical (unpaired) electrons. The molecule has 0 atom stereocenters. The molecule has 19 heavy (non-hydrogen) atoms. The van der Waals surface area contributed by atoms with E-state index >= 15 is 0 Å². The van der Waals surface area contributed by atoms with Crippen molar-refractivity contribution in [2.75, 3.05) is 18.1 Å². The van der Waals surface area contributed by atoms with Crippen molar-refractivity contribution in [3.8, 4) is 0 Å². The number of urea groups is 1. The van der Waals surface area contributed by atoms with Gasteiger partial charge in [0.05, 0.1) is 0 Å². The highest BCUT2D eigenvalue weighted by Crippen LogP contribution is 2.28.